The van der Waals surface area contributed by atoms with E-state index in [1.165, 1.54) is 0 Å². The molecule has 0 atom stereocenters. The van der Waals surface area contributed by atoms with Crippen molar-refractivity contribution in [3.05, 3.63) is 11.3 Å². The highest BCUT2D eigenvalue weighted by Gasteiger charge is 2.33. The van der Waals surface area contributed by atoms with E-state index in [9.17, 15) is 9.59 Å². The van der Waals surface area contributed by atoms with Gasteiger partial charge < -0.3 is 9.64 Å². The summed E-state index contributed by atoms with van der Waals surface area (Å²) in [5, 5.41) is 0. The fourth-order valence-corrected chi connectivity index (χ4v) is 2.21. The zero-order chi connectivity index (χ0) is 10.8. The van der Waals surface area contributed by atoms with Gasteiger partial charge in [0, 0.05) is 18.7 Å². The van der Waals surface area contributed by atoms with E-state index in [-0.39, 0.29) is 11.9 Å². The maximum absolute atomic E-state index is 11.6. The first-order chi connectivity index (χ1) is 7.24. The number of nitrogens with zero attached hydrogens (tertiary/aromatic N) is 1. The van der Waals surface area contributed by atoms with Gasteiger partial charge in [0.15, 0.2) is 0 Å². The molecule has 0 bridgehead atoms. The molecule has 0 unspecified atom stereocenters. The molecule has 0 aromatic heterocycles. The van der Waals surface area contributed by atoms with Gasteiger partial charge in [-0.15, -0.1) is 0 Å². The van der Waals surface area contributed by atoms with Crippen LogP contribution in [0.4, 0.5) is 0 Å². The summed E-state index contributed by atoms with van der Waals surface area (Å²) in [5.41, 5.74) is 1.62. The molecule has 1 fully saturated rings. The van der Waals surface area contributed by atoms with Crippen LogP contribution >= 0.6 is 0 Å². The average Bonchev–Trinajstić information content (AvgIpc) is 2.68. The molecule has 0 aromatic rings. The molecule has 4 heteroatoms. The van der Waals surface area contributed by atoms with Crippen molar-refractivity contribution >= 4 is 11.9 Å². The minimum Gasteiger partial charge on any atom is -0.463 e. The van der Waals surface area contributed by atoms with Gasteiger partial charge >= 0.3 is 5.97 Å². The quantitative estimate of drug-likeness (QED) is 0.642. The van der Waals surface area contributed by atoms with Crippen LogP contribution in [0.3, 0.4) is 0 Å². The maximum atomic E-state index is 11.6. The largest absolute Gasteiger partial charge is 0.463 e. The molecule has 0 radical (unpaired) electrons. The highest BCUT2D eigenvalue weighted by molar-refractivity contribution is 5.93. The molecule has 82 valence electrons. The van der Waals surface area contributed by atoms with E-state index in [2.05, 4.69) is 0 Å². The Labute approximate surface area is 88.9 Å². The number of ether oxygens (including phenoxy) is 1. The third kappa shape index (κ3) is 1.76. The normalized spacial score (nSPS) is 20.6. The van der Waals surface area contributed by atoms with Gasteiger partial charge in [-0.2, -0.15) is 0 Å². The van der Waals surface area contributed by atoms with Crippen molar-refractivity contribution in [2.45, 2.75) is 32.6 Å². The van der Waals surface area contributed by atoms with Gasteiger partial charge in [-0.1, -0.05) is 0 Å². The fourth-order valence-electron chi connectivity index (χ4n) is 2.21. The van der Waals surface area contributed by atoms with Crippen LogP contribution in [-0.4, -0.2) is 29.9 Å². The van der Waals surface area contributed by atoms with Crippen molar-refractivity contribution < 1.29 is 14.3 Å². The Morgan fingerprint density at radius 2 is 2.20 bits per heavy atom. The van der Waals surface area contributed by atoms with Crippen molar-refractivity contribution in [2.75, 3.05) is 13.2 Å². The fraction of sp³-hybridized carbons (Fsp3) is 0.636. The first kappa shape index (κ1) is 10.2. The Morgan fingerprint density at radius 1 is 1.40 bits per heavy atom. The molecule has 0 aromatic carbocycles. The van der Waals surface area contributed by atoms with E-state index in [4.69, 9.17) is 4.74 Å². The summed E-state index contributed by atoms with van der Waals surface area (Å²) < 4.78 is 4.99. The Kier molecular flexibility index (Phi) is 2.75. The Bertz CT molecular complexity index is 333. The zero-order valence-corrected chi connectivity index (χ0v) is 8.91. The van der Waals surface area contributed by atoms with Crippen molar-refractivity contribution in [3.63, 3.8) is 0 Å². The van der Waals surface area contributed by atoms with E-state index in [0.29, 0.717) is 25.0 Å². The van der Waals surface area contributed by atoms with Crippen molar-refractivity contribution in [3.8, 4) is 0 Å². The molecule has 0 aliphatic carbocycles. The topological polar surface area (TPSA) is 46.6 Å². The number of rotatable bonds is 2. The van der Waals surface area contributed by atoms with E-state index >= 15 is 0 Å². The number of carbonyl (C=O) groups is 2. The number of allylic oxidation sites excluding steroid dienone is 1. The monoisotopic (exact) mass is 209 g/mol. The van der Waals surface area contributed by atoms with Crippen LogP contribution in [0.15, 0.2) is 11.3 Å². The summed E-state index contributed by atoms with van der Waals surface area (Å²) in [7, 11) is 0. The highest BCUT2D eigenvalue weighted by atomic mass is 16.5. The Hall–Kier alpha value is -1.32. The SMILES string of the molecule is CCOC(=O)C1=C2CCCN2C(=O)CC1. The number of fused-ring (bicyclic) bond motifs is 1. The third-order valence-corrected chi connectivity index (χ3v) is 2.88. The molecule has 0 N–H and O–H groups in total. The maximum Gasteiger partial charge on any atom is 0.335 e. The minimum atomic E-state index is -0.244. The van der Waals surface area contributed by atoms with Crippen LogP contribution in [0.2, 0.25) is 0 Å². The molecule has 2 aliphatic rings. The van der Waals surface area contributed by atoms with Gasteiger partial charge in [-0.05, 0) is 26.2 Å². The molecule has 1 saturated heterocycles. The van der Waals surface area contributed by atoms with Gasteiger partial charge in [0.1, 0.15) is 0 Å². The Balaban J connectivity index is 2.25. The van der Waals surface area contributed by atoms with Gasteiger partial charge in [-0.25, -0.2) is 4.79 Å². The van der Waals surface area contributed by atoms with Crippen LogP contribution in [0.5, 0.6) is 0 Å². The summed E-state index contributed by atoms with van der Waals surface area (Å²) >= 11 is 0. The van der Waals surface area contributed by atoms with E-state index in [1.54, 1.807) is 11.8 Å². The summed E-state index contributed by atoms with van der Waals surface area (Å²) in [5.74, 6) is -0.0950. The van der Waals surface area contributed by atoms with Crippen molar-refractivity contribution in [2.24, 2.45) is 0 Å². The van der Waals surface area contributed by atoms with Gasteiger partial charge in [0.2, 0.25) is 5.91 Å². The number of carbonyl (C=O) groups excluding carboxylic acids is 2. The molecule has 15 heavy (non-hydrogen) atoms. The number of esters is 1. The standard InChI is InChI=1S/C11H15NO3/c1-2-15-11(14)8-5-6-10(13)12-7-3-4-9(8)12/h2-7H2,1H3. The van der Waals surface area contributed by atoms with E-state index in [1.807, 2.05) is 0 Å². The lowest BCUT2D eigenvalue weighted by Crippen LogP contribution is -2.32. The summed E-state index contributed by atoms with van der Waals surface area (Å²) in [6.07, 6.45) is 2.78. The number of hydrogen-bond donors (Lipinski definition) is 0. The van der Waals surface area contributed by atoms with Crippen LogP contribution in [0.25, 0.3) is 0 Å². The number of hydrogen-bond acceptors (Lipinski definition) is 3. The first-order valence-electron chi connectivity index (χ1n) is 5.43. The van der Waals surface area contributed by atoms with Crippen LogP contribution in [-0.2, 0) is 14.3 Å². The summed E-state index contributed by atoms with van der Waals surface area (Å²) in [6, 6.07) is 0. The van der Waals surface area contributed by atoms with Gasteiger partial charge in [-0.3, -0.25) is 4.79 Å². The molecule has 4 nitrogen and oxygen atoms in total. The second kappa shape index (κ2) is 4.04. The lowest BCUT2D eigenvalue weighted by atomic mass is 10.0. The van der Waals surface area contributed by atoms with Crippen LogP contribution in [0, 0.1) is 0 Å². The zero-order valence-electron chi connectivity index (χ0n) is 8.91. The molecule has 1 amide bonds. The highest BCUT2D eigenvalue weighted by Crippen LogP contribution is 2.32. The molecule has 0 spiro atoms. The number of amides is 1. The Morgan fingerprint density at radius 3 is 2.93 bits per heavy atom. The van der Waals surface area contributed by atoms with Gasteiger partial charge in [0.05, 0.1) is 12.2 Å². The van der Waals surface area contributed by atoms with Gasteiger partial charge in [0.25, 0.3) is 0 Å². The summed E-state index contributed by atoms with van der Waals surface area (Å²) in [6.45, 7) is 2.95. The van der Waals surface area contributed by atoms with Crippen LogP contribution in [0.1, 0.15) is 32.6 Å². The lowest BCUT2D eigenvalue weighted by Gasteiger charge is -2.25. The second-order valence-electron chi connectivity index (χ2n) is 3.79. The van der Waals surface area contributed by atoms with Crippen molar-refractivity contribution in [1.29, 1.82) is 0 Å². The minimum absolute atomic E-state index is 0.149. The van der Waals surface area contributed by atoms with Crippen LogP contribution < -0.4 is 0 Å². The first-order valence-corrected chi connectivity index (χ1v) is 5.43. The molecular weight excluding hydrogens is 194 g/mol. The summed E-state index contributed by atoms with van der Waals surface area (Å²) in [4.78, 5) is 24.9. The average molecular weight is 209 g/mol. The van der Waals surface area contributed by atoms with Crippen molar-refractivity contribution in [1.82, 2.24) is 4.90 Å². The molecule has 2 heterocycles. The third-order valence-electron chi connectivity index (χ3n) is 2.88. The predicted octanol–water partition coefficient (Wildman–Crippen LogP) is 1.22. The molecule has 0 saturated carbocycles. The molecule has 2 rings (SSSR count). The lowest BCUT2D eigenvalue weighted by molar-refractivity contribution is -0.139. The van der Waals surface area contributed by atoms with E-state index < -0.39 is 0 Å². The van der Waals surface area contributed by atoms with E-state index in [0.717, 1.165) is 25.1 Å². The molecule has 2 aliphatic heterocycles. The second-order valence-corrected chi connectivity index (χ2v) is 3.79. The molecular formula is C11H15NO3. The smallest absolute Gasteiger partial charge is 0.335 e. The predicted molar refractivity (Wildman–Crippen MR) is 53.8 cm³/mol.